The molecule has 0 aliphatic carbocycles. The first-order valence-corrected chi connectivity index (χ1v) is 7.48. The summed E-state index contributed by atoms with van der Waals surface area (Å²) >= 11 is 0. The van der Waals surface area contributed by atoms with Gasteiger partial charge in [0.1, 0.15) is 0 Å². The number of hydrogen-bond acceptors (Lipinski definition) is 2. The van der Waals surface area contributed by atoms with Gasteiger partial charge in [0.2, 0.25) is 5.91 Å². The van der Waals surface area contributed by atoms with E-state index in [0.717, 1.165) is 38.5 Å². The van der Waals surface area contributed by atoms with E-state index in [2.05, 4.69) is 32.7 Å². The highest BCUT2D eigenvalue weighted by atomic mass is 16.2. The molecule has 1 rings (SSSR count). The average Bonchev–Trinajstić information content (AvgIpc) is 2.34. The molecule has 1 unspecified atom stereocenters. The van der Waals surface area contributed by atoms with Crippen molar-refractivity contribution in [3.8, 4) is 0 Å². The third-order valence-electron chi connectivity index (χ3n) is 3.91. The fourth-order valence-electron chi connectivity index (χ4n) is 2.47. The Morgan fingerprint density at radius 3 is 2.11 bits per heavy atom. The Labute approximate surface area is 113 Å². The molecule has 1 saturated heterocycles. The van der Waals surface area contributed by atoms with Crippen LogP contribution in [0, 0.1) is 11.8 Å². The van der Waals surface area contributed by atoms with E-state index in [1.54, 1.807) is 0 Å². The van der Waals surface area contributed by atoms with Crippen LogP contribution in [-0.4, -0.2) is 48.9 Å². The van der Waals surface area contributed by atoms with Crippen LogP contribution in [0.5, 0.6) is 0 Å². The van der Waals surface area contributed by atoms with E-state index in [-0.39, 0.29) is 5.92 Å². The van der Waals surface area contributed by atoms with Gasteiger partial charge in [-0.3, -0.25) is 4.79 Å². The Morgan fingerprint density at radius 1 is 1.00 bits per heavy atom. The molecule has 1 aliphatic heterocycles. The van der Waals surface area contributed by atoms with Gasteiger partial charge in [0.25, 0.3) is 0 Å². The molecule has 18 heavy (non-hydrogen) atoms. The second-order valence-corrected chi connectivity index (χ2v) is 6.21. The van der Waals surface area contributed by atoms with E-state index in [0.29, 0.717) is 5.91 Å². The molecule has 106 valence electrons. The molecule has 0 N–H and O–H groups in total. The number of likely N-dealkylation sites (N-methyl/N-ethyl adjacent to an activating group) is 1. The summed E-state index contributed by atoms with van der Waals surface area (Å²) in [5.74, 6) is 1.36. The highest BCUT2D eigenvalue weighted by molar-refractivity contribution is 5.78. The fourth-order valence-corrected chi connectivity index (χ4v) is 2.47. The molecular weight excluding hydrogens is 224 g/mol. The number of nitrogens with zero attached hydrogens (tertiary/aromatic N) is 2. The molecule has 0 spiro atoms. The van der Waals surface area contributed by atoms with Crippen molar-refractivity contribution in [2.75, 3.05) is 33.2 Å². The first-order valence-electron chi connectivity index (χ1n) is 7.48. The van der Waals surface area contributed by atoms with Gasteiger partial charge in [-0.2, -0.15) is 0 Å². The molecule has 0 saturated carbocycles. The largest absolute Gasteiger partial charge is 0.340 e. The zero-order valence-corrected chi connectivity index (χ0v) is 12.6. The van der Waals surface area contributed by atoms with E-state index < -0.39 is 0 Å². The van der Waals surface area contributed by atoms with Crippen molar-refractivity contribution in [2.45, 2.75) is 46.5 Å². The van der Waals surface area contributed by atoms with Crippen molar-refractivity contribution in [1.29, 1.82) is 0 Å². The van der Waals surface area contributed by atoms with E-state index in [1.165, 1.54) is 19.3 Å². The summed E-state index contributed by atoms with van der Waals surface area (Å²) in [5.41, 5.74) is 0. The lowest BCUT2D eigenvalue weighted by molar-refractivity contribution is -0.136. The van der Waals surface area contributed by atoms with Gasteiger partial charge >= 0.3 is 0 Å². The summed E-state index contributed by atoms with van der Waals surface area (Å²) in [4.78, 5) is 16.6. The number of hydrogen-bond donors (Lipinski definition) is 0. The SMILES string of the molecule is CC(C)CCCCC(C)C(=O)N1CCN(C)CC1. The maximum absolute atomic E-state index is 12.2. The molecule has 3 nitrogen and oxygen atoms in total. The number of unbranched alkanes of at least 4 members (excludes halogenated alkanes) is 1. The summed E-state index contributed by atoms with van der Waals surface area (Å²) in [5, 5.41) is 0. The Bertz CT molecular complexity index is 245. The molecule has 0 aromatic heterocycles. The maximum Gasteiger partial charge on any atom is 0.225 e. The Hall–Kier alpha value is -0.570. The van der Waals surface area contributed by atoms with E-state index in [9.17, 15) is 4.79 Å². The Morgan fingerprint density at radius 2 is 1.56 bits per heavy atom. The Kier molecular flexibility index (Phi) is 6.69. The molecule has 1 atom stereocenters. The summed E-state index contributed by atoms with van der Waals surface area (Å²) in [7, 11) is 2.12. The molecule has 0 aromatic rings. The molecule has 0 radical (unpaired) electrons. The smallest absolute Gasteiger partial charge is 0.225 e. The normalized spacial score (nSPS) is 19.3. The predicted molar refractivity (Wildman–Crippen MR) is 76.5 cm³/mol. The minimum Gasteiger partial charge on any atom is -0.340 e. The van der Waals surface area contributed by atoms with Crippen molar-refractivity contribution in [2.24, 2.45) is 11.8 Å². The summed E-state index contributed by atoms with van der Waals surface area (Å²) < 4.78 is 0. The van der Waals surface area contributed by atoms with Crippen LogP contribution in [-0.2, 0) is 4.79 Å². The third kappa shape index (κ3) is 5.38. The van der Waals surface area contributed by atoms with Gasteiger partial charge in [0, 0.05) is 32.1 Å². The molecule has 1 amide bonds. The second kappa shape index (κ2) is 7.78. The van der Waals surface area contributed by atoms with E-state index >= 15 is 0 Å². The van der Waals surface area contributed by atoms with Crippen LogP contribution in [0.3, 0.4) is 0 Å². The maximum atomic E-state index is 12.2. The minimum atomic E-state index is 0.209. The van der Waals surface area contributed by atoms with Gasteiger partial charge in [-0.15, -0.1) is 0 Å². The fraction of sp³-hybridized carbons (Fsp3) is 0.933. The van der Waals surface area contributed by atoms with Crippen LogP contribution in [0.1, 0.15) is 46.5 Å². The van der Waals surface area contributed by atoms with Crippen LogP contribution in [0.2, 0.25) is 0 Å². The summed E-state index contributed by atoms with van der Waals surface area (Å²) in [6.45, 7) is 10.5. The molecule has 1 fully saturated rings. The van der Waals surface area contributed by atoms with Gasteiger partial charge in [0.05, 0.1) is 0 Å². The average molecular weight is 254 g/mol. The van der Waals surface area contributed by atoms with E-state index in [1.807, 2.05) is 4.90 Å². The zero-order chi connectivity index (χ0) is 13.5. The molecule has 1 aliphatic rings. The lowest BCUT2D eigenvalue weighted by Crippen LogP contribution is -2.48. The van der Waals surface area contributed by atoms with Crippen LogP contribution < -0.4 is 0 Å². The summed E-state index contributed by atoms with van der Waals surface area (Å²) in [6.07, 6.45) is 4.80. The van der Waals surface area contributed by atoms with Crippen molar-refractivity contribution in [1.82, 2.24) is 9.80 Å². The number of rotatable bonds is 6. The van der Waals surface area contributed by atoms with Crippen LogP contribution >= 0.6 is 0 Å². The third-order valence-corrected chi connectivity index (χ3v) is 3.91. The van der Waals surface area contributed by atoms with Gasteiger partial charge in [0.15, 0.2) is 0 Å². The first kappa shape index (κ1) is 15.5. The van der Waals surface area contributed by atoms with Gasteiger partial charge < -0.3 is 9.80 Å². The molecule has 0 bridgehead atoms. The monoisotopic (exact) mass is 254 g/mol. The second-order valence-electron chi connectivity index (χ2n) is 6.21. The minimum absolute atomic E-state index is 0.209. The number of amides is 1. The van der Waals surface area contributed by atoms with Crippen molar-refractivity contribution in [3.63, 3.8) is 0 Å². The van der Waals surface area contributed by atoms with Gasteiger partial charge in [-0.05, 0) is 19.4 Å². The standard InChI is InChI=1S/C15H30N2O/c1-13(2)7-5-6-8-14(3)15(18)17-11-9-16(4)10-12-17/h13-14H,5-12H2,1-4H3. The summed E-state index contributed by atoms with van der Waals surface area (Å²) in [6, 6.07) is 0. The quantitative estimate of drug-likeness (QED) is 0.680. The lowest BCUT2D eigenvalue weighted by atomic mass is 9.98. The predicted octanol–water partition coefficient (Wildman–Crippen LogP) is 2.61. The lowest BCUT2D eigenvalue weighted by Gasteiger charge is -2.34. The molecular formula is C15H30N2O. The topological polar surface area (TPSA) is 23.6 Å². The molecule has 3 heteroatoms. The number of carbonyl (C=O) groups is 1. The number of piperazine rings is 1. The first-order chi connectivity index (χ1) is 8.50. The zero-order valence-electron chi connectivity index (χ0n) is 12.6. The van der Waals surface area contributed by atoms with Crippen molar-refractivity contribution < 1.29 is 4.79 Å². The van der Waals surface area contributed by atoms with Gasteiger partial charge in [-0.25, -0.2) is 0 Å². The molecule has 0 aromatic carbocycles. The van der Waals surface area contributed by atoms with Crippen LogP contribution in [0.25, 0.3) is 0 Å². The van der Waals surface area contributed by atoms with Crippen LogP contribution in [0.4, 0.5) is 0 Å². The van der Waals surface area contributed by atoms with E-state index in [4.69, 9.17) is 0 Å². The van der Waals surface area contributed by atoms with Crippen molar-refractivity contribution in [3.05, 3.63) is 0 Å². The highest BCUT2D eigenvalue weighted by Crippen LogP contribution is 2.15. The Balaban J connectivity index is 2.20. The number of carbonyl (C=O) groups excluding carboxylic acids is 1. The van der Waals surface area contributed by atoms with Crippen molar-refractivity contribution >= 4 is 5.91 Å². The van der Waals surface area contributed by atoms with Gasteiger partial charge in [-0.1, -0.05) is 40.0 Å². The van der Waals surface area contributed by atoms with Crippen LogP contribution in [0.15, 0.2) is 0 Å². The molecule has 1 heterocycles. The highest BCUT2D eigenvalue weighted by Gasteiger charge is 2.23.